The van der Waals surface area contributed by atoms with E-state index in [0.717, 1.165) is 27.8 Å². The van der Waals surface area contributed by atoms with Gasteiger partial charge in [0.2, 0.25) is 0 Å². The molecule has 1 aliphatic rings. The van der Waals surface area contributed by atoms with Crippen LogP contribution in [0.25, 0.3) is 11.4 Å². The second-order valence-electron chi connectivity index (χ2n) is 12.6. The van der Waals surface area contributed by atoms with Crippen LogP contribution >= 0.6 is 23.8 Å². The van der Waals surface area contributed by atoms with Crippen molar-refractivity contribution in [1.82, 2.24) is 14.8 Å². The van der Waals surface area contributed by atoms with Crippen LogP contribution in [0.4, 0.5) is 0 Å². The lowest BCUT2D eigenvalue weighted by Crippen LogP contribution is -2.58. The molecule has 1 aromatic heterocycles. The second-order valence-corrected chi connectivity index (χ2v) is 13.4. The van der Waals surface area contributed by atoms with Gasteiger partial charge in [0.15, 0.2) is 16.9 Å². The third kappa shape index (κ3) is 9.12. The van der Waals surface area contributed by atoms with Gasteiger partial charge in [0.25, 0.3) is 0 Å². The van der Waals surface area contributed by atoms with Crippen molar-refractivity contribution in [2.45, 2.75) is 57.1 Å². The Morgan fingerprint density at radius 2 is 1.10 bits per heavy atom. The van der Waals surface area contributed by atoms with Gasteiger partial charge in [-0.25, -0.2) is 0 Å². The highest BCUT2D eigenvalue weighted by atomic mass is 35.5. The van der Waals surface area contributed by atoms with E-state index in [4.69, 9.17) is 47.5 Å². The Labute approximate surface area is 313 Å². The summed E-state index contributed by atoms with van der Waals surface area (Å²) in [7, 11) is 0. The van der Waals surface area contributed by atoms with Crippen molar-refractivity contribution >= 4 is 23.8 Å². The zero-order valence-corrected chi connectivity index (χ0v) is 30.1. The summed E-state index contributed by atoms with van der Waals surface area (Å²) in [4.78, 5) is 0. The van der Waals surface area contributed by atoms with Gasteiger partial charge in [-0.15, -0.1) is 0 Å². The Balaban J connectivity index is 1.30. The lowest BCUT2D eigenvalue weighted by molar-refractivity contribution is -0.302. The normalized spacial score (nSPS) is 20.1. The predicted octanol–water partition coefficient (Wildman–Crippen LogP) is 9.13. The number of aromatic amines is 1. The first-order valence-corrected chi connectivity index (χ1v) is 18.1. The van der Waals surface area contributed by atoms with Crippen LogP contribution in [0, 0.1) is 4.77 Å². The summed E-state index contributed by atoms with van der Waals surface area (Å²) in [5.41, 5.74) is 4.91. The average Bonchev–Trinajstić information content (AvgIpc) is 3.57. The molecule has 266 valence electrons. The van der Waals surface area contributed by atoms with E-state index < -0.39 is 30.6 Å². The van der Waals surface area contributed by atoms with E-state index in [2.05, 4.69) is 10.2 Å². The maximum atomic E-state index is 6.98. The number of H-pyrrole nitrogens is 1. The van der Waals surface area contributed by atoms with Crippen LogP contribution in [0.3, 0.4) is 0 Å². The lowest BCUT2D eigenvalue weighted by Gasteiger charge is -2.46. The van der Waals surface area contributed by atoms with Gasteiger partial charge < -0.3 is 23.7 Å². The Morgan fingerprint density at radius 1 is 0.615 bits per heavy atom. The molecule has 6 aromatic rings. The van der Waals surface area contributed by atoms with Crippen molar-refractivity contribution < 1.29 is 23.7 Å². The molecule has 1 saturated heterocycles. The first-order chi connectivity index (χ1) is 25.6. The first kappa shape index (κ1) is 35.9. The van der Waals surface area contributed by atoms with Crippen molar-refractivity contribution in [3.63, 3.8) is 0 Å². The molecular formula is C42H40ClN3O5S. The molecule has 10 heteroatoms. The van der Waals surface area contributed by atoms with Crippen LogP contribution in [-0.2, 0) is 50.1 Å². The summed E-state index contributed by atoms with van der Waals surface area (Å²) >= 11 is 12.3. The van der Waals surface area contributed by atoms with E-state index in [-0.39, 0.29) is 6.61 Å². The largest absolute Gasteiger partial charge is 0.374 e. The van der Waals surface area contributed by atoms with Gasteiger partial charge in [0.05, 0.1) is 33.0 Å². The Bertz CT molecular complexity index is 2010. The van der Waals surface area contributed by atoms with E-state index in [9.17, 15) is 0 Å². The van der Waals surface area contributed by atoms with Gasteiger partial charge in [-0.1, -0.05) is 133 Å². The molecule has 0 spiro atoms. The van der Waals surface area contributed by atoms with Crippen LogP contribution in [-0.4, -0.2) is 46.0 Å². The Hall–Kier alpha value is -4.45. The van der Waals surface area contributed by atoms with Crippen molar-refractivity contribution in [3.8, 4) is 11.4 Å². The van der Waals surface area contributed by atoms with Crippen LogP contribution in [0.1, 0.15) is 28.3 Å². The number of rotatable bonds is 15. The molecule has 1 fully saturated rings. The molecule has 1 N–H and O–H groups in total. The first-order valence-electron chi connectivity index (χ1n) is 17.3. The summed E-state index contributed by atoms with van der Waals surface area (Å²) in [5.74, 6) is 0.595. The Morgan fingerprint density at radius 3 is 1.63 bits per heavy atom. The molecule has 0 radical (unpaired) electrons. The number of hydrogen-bond donors (Lipinski definition) is 1. The number of ether oxygens (including phenoxy) is 5. The minimum absolute atomic E-state index is 0.234. The fourth-order valence-corrected chi connectivity index (χ4v) is 6.74. The summed E-state index contributed by atoms with van der Waals surface area (Å²) < 4.78 is 36.2. The van der Waals surface area contributed by atoms with Crippen molar-refractivity contribution in [2.24, 2.45) is 0 Å². The number of hydrogen-bond acceptors (Lipinski definition) is 7. The average molecular weight is 734 g/mol. The van der Waals surface area contributed by atoms with Crippen LogP contribution < -0.4 is 0 Å². The molecule has 7 rings (SSSR count). The van der Waals surface area contributed by atoms with Gasteiger partial charge in [0.1, 0.15) is 24.4 Å². The van der Waals surface area contributed by atoms with Crippen LogP contribution in [0.15, 0.2) is 146 Å². The van der Waals surface area contributed by atoms with Gasteiger partial charge in [-0.2, -0.15) is 5.10 Å². The van der Waals surface area contributed by atoms with E-state index in [0.29, 0.717) is 42.0 Å². The third-order valence-corrected chi connectivity index (χ3v) is 9.48. The summed E-state index contributed by atoms with van der Waals surface area (Å²) in [6.07, 6.45) is -2.63. The smallest absolute Gasteiger partial charge is 0.195 e. The van der Waals surface area contributed by atoms with Gasteiger partial charge in [-0.3, -0.25) is 9.67 Å². The highest BCUT2D eigenvalue weighted by Gasteiger charge is 2.50. The highest BCUT2D eigenvalue weighted by Crippen LogP contribution is 2.39. The molecule has 52 heavy (non-hydrogen) atoms. The Kier molecular flexibility index (Phi) is 12.3. The van der Waals surface area contributed by atoms with Crippen LogP contribution in [0.5, 0.6) is 0 Å². The zero-order chi connectivity index (χ0) is 35.5. The third-order valence-electron chi connectivity index (χ3n) is 8.94. The molecule has 0 amide bonds. The number of nitrogens with one attached hydrogen (secondary N) is 1. The number of benzene rings is 5. The topological polar surface area (TPSA) is 79.8 Å². The van der Waals surface area contributed by atoms with Crippen molar-refractivity contribution in [1.29, 1.82) is 0 Å². The van der Waals surface area contributed by atoms with Crippen molar-refractivity contribution in [3.05, 3.63) is 178 Å². The maximum Gasteiger partial charge on any atom is 0.195 e. The molecular weight excluding hydrogens is 694 g/mol. The molecule has 0 aliphatic carbocycles. The molecule has 0 bridgehead atoms. The van der Waals surface area contributed by atoms with E-state index in [1.807, 2.05) is 150 Å². The van der Waals surface area contributed by atoms with Gasteiger partial charge in [-0.05, 0) is 58.7 Å². The van der Waals surface area contributed by atoms with Crippen LogP contribution in [0.2, 0.25) is 5.02 Å². The zero-order valence-electron chi connectivity index (χ0n) is 28.5. The predicted molar refractivity (Wildman–Crippen MR) is 203 cm³/mol. The highest BCUT2D eigenvalue weighted by molar-refractivity contribution is 7.71. The monoisotopic (exact) mass is 733 g/mol. The molecule has 2 heterocycles. The molecule has 0 saturated carbocycles. The molecule has 5 aromatic carbocycles. The quantitative estimate of drug-likeness (QED) is 0.106. The summed E-state index contributed by atoms with van der Waals surface area (Å²) in [6.45, 7) is 1.59. The minimum atomic E-state index is -0.835. The number of nitrogens with zero attached hydrogens (tertiary/aromatic N) is 2. The molecule has 8 nitrogen and oxygen atoms in total. The number of halogens is 1. The van der Waals surface area contributed by atoms with Crippen molar-refractivity contribution in [2.75, 3.05) is 6.61 Å². The van der Waals surface area contributed by atoms with E-state index in [1.54, 1.807) is 0 Å². The molecule has 5 atom stereocenters. The summed E-state index contributed by atoms with van der Waals surface area (Å²) in [5, 5.41) is 8.33. The number of aromatic nitrogens is 3. The van der Waals surface area contributed by atoms with E-state index in [1.165, 1.54) is 0 Å². The van der Waals surface area contributed by atoms with E-state index >= 15 is 0 Å². The fraction of sp³-hybridized carbons (Fsp3) is 0.238. The van der Waals surface area contributed by atoms with Gasteiger partial charge in [0, 0.05) is 10.6 Å². The molecule has 1 aliphatic heterocycles. The SMILES string of the molecule is S=c1[nH]nc(-c2ccc(Cl)cc2)n1[C@H]1[C@H](OCc2ccccc2)O[C@H](COCc2ccccc2)[C@@H](OCc2ccccc2)[C@@H]1OCc1ccccc1. The summed E-state index contributed by atoms with van der Waals surface area (Å²) in [6, 6.07) is 47.1. The lowest BCUT2D eigenvalue weighted by atomic mass is 9.95. The fourth-order valence-electron chi connectivity index (χ4n) is 6.36. The van der Waals surface area contributed by atoms with Gasteiger partial charge >= 0.3 is 0 Å². The second kappa shape index (κ2) is 17.9. The standard InChI is InChI=1S/C42H40ClN3O5S/c43-35-23-21-34(22-24-35)40-44-45-42(52)46(40)37-39(49-27-32-17-9-3-10-18-32)38(48-26-31-15-7-2-8-16-31)36(29-47-25-30-13-5-1-6-14-30)51-41(37)50-28-33-19-11-4-12-20-33/h1-24,36-39,41H,25-29H2,(H,45,52)/t36-,37-,38-,39-,41-/m1/s1. The minimum Gasteiger partial charge on any atom is -0.374 e. The maximum absolute atomic E-state index is 6.98. The molecule has 0 unspecified atom stereocenters.